The topological polar surface area (TPSA) is 81.4 Å². The first kappa shape index (κ1) is 20.3. The Morgan fingerprint density at radius 3 is 2.55 bits per heavy atom. The Morgan fingerprint density at radius 2 is 1.86 bits per heavy atom. The van der Waals surface area contributed by atoms with Gasteiger partial charge in [-0.3, -0.25) is 9.78 Å². The van der Waals surface area contributed by atoms with E-state index in [0.717, 1.165) is 10.9 Å². The number of nitrogens with zero attached hydrogens (tertiary/aromatic N) is 2. The molecule has 0 aliphatic heterocycles. The fraction of sp³-hybridized carbons (Fsp3) is 0.261. The second-order valence-electron chi connectivity index (χ2n) is 6.64. The quantitative estimate of drug-likeness (QED) is 0.572. The summed E-state index contributed by atoms with van der Waals surface area (Å²) in [6.45, 7) is -0.147. The van der Waals surface area contributed by atoms with Gasteiger partial charge in [-0.25, -0.2) is 0 Å². The molecule has 6 nitrogen and oxygen atoms in total. The van der Waals surface area contributed by atoms with Crippen molar-refractivity contribution in [2.75, 3.05) is 27.9 Å². The number of hydrogen-bond donors (Lipinski definition) is 0. The fourth-order valence-corrected chi connectivity index (χ4v) is 3.69. The SMILES string of the molecule is COC[C@](C#N)(C(=O)OC)[C@@H](c1cnc2ccccc2c1)c1ccccc1OC. The van der Waals surface area contributed by atoms with E-state index < -0.39 is 17.3 Å². The first-order valence-electron chi connectivity index (χ1n) is 9.07. The van der Waals surface area contributed by atoms with Crippen LogP contribution in [-0.2, 0) is 14.3 Å². The first-order valence-corrected chi connectivity index (χ1v) is 9.07. The van der Waals surface area contributed by atoms with Crippen LogP contribution in [0, 0.1) is 16.7 Å². The van der Waals surface area contributed by atoms with Crippen LogP contribution in [0.25, 0.3) is 10.9 Å². The average Bonchev–Trinajstić information content (AvgIpc) is 2.78. The summed E-state index contributed by atoms with van der Waals surface area (Å²) < 4.78 is 15.9. The van der Waals surface area contributed by atoms with Crippen molar-refractivity contribution in [3.05, 3.63) is 71.9 Å². The maximum absolute atomic E-state index is 12.9. The van der Waals surface area contributed by atoms with Gasteiger partial charge in [-0.1, -0.05) is 36.4 Å². The lowest BCUT2D eigenvalue weighted by Crippen LogP contribution is -2.42. The number of ether oxygens (including phenoxy) is 3. The molecule has 0 saturated heterocycles. The van der Waals surface area contributed by atoms with E-state index in [0.29, 0.717) is 16.9 Å². The molecule has 0 unspecified atom stereocenters. The Hall–Kier alpha value is -3.43. The van der Waals surface area contributed by atoms with Crippen LogP contribution in [0.4, 0.5) is 0 Å². The molecule has 2 atom stereocenters. The van der Waals surface area contributed by atoms with E-state index >= 15 is 0 Å². The monoisotopic (exact) mass is 390 g/mol. The van der Waals surface area contributed by atoms with Crippen LogP contribution in [0.1, 0.15) is 17.0 Å². The number of esters is 1. The number of hydrogen-bond acceptors (Lipinski definition) is 6. The van der Waals surface area contributed by atoms with Crippen molar-refractivity contribution in [3.63, 3.8) is 0 Å². The molecule has 1 heterocycles. The molecule has 0 fully saturated rings. The third-order valence-electron chi connectivity index (χ3n) is 5.01. The molecule has 2 aromatic carbocycles. The number of carbonyl (C=O) groups excluding carboxylic acids is 1. The largest absolute Gasteiger partial charge is 0.496 e. The third kappa shape index (κ3) is 3.65. The Morgan fingerprint density at radius 1 is 1.14 bits per heavy atom. The fourth-order valence-electron chi connectivity index (χ4n) is 3.69. The molecule has 3 aromatic rings. The summed E-state index contributed by atoms with van der Waals surface area (Å²) in [5.74, 6) is -0.829. The summed E-state index contributed by atoms with van der Waals surface area (Å²) >= 11 is 0. The number of aromatic nitrogens is 1. The van der Waals surface area contributed by atoms with Crippen LogP contribution in [0.15, 0.2) is 60.8 Å². The molecule has 0 N–H and O–H groups in total. The van der Waals surface area contributed by atoms with Crippen LogP contribution in [0.5, 0.6) is 5.75 Å². The number of carbonyl (C=O) groups is 1. The number of pyridine rings is 1. The van der Waals surface area contributed by atoms with Crippen LogP contribution in [0.3, 0.4) is 0 Å². The lowest BCUT2D eigenvalue weighted by molar-refractivity contribution is -0.152. The minimum absolute atomic E-state index is 0.147. The van der Waals surface area contributed by atoms with Gasteiger partial charge in [0, 0.05) is 30.2 Å². The molecule has 0 spiro atoms. The van der Waals surface area contributed by atoms with Crippen molar-refractivity contribution in [1.82, 2.24) is 4.98 Å². The second kappa shape index (κ2) is 8.72. The van der Waals surface area contributed by atoms with E-state index in [1.54, 1.807) is 19.4 Å². The highest BCUT2D eigenvalue weighted by Gasteiger charge is 2.50. The van der Waals surface area contributed by atoms with Crippen molar-refractivity contribution in [2.24, 2.45) is 5.41 Å². The molecule has 3 rings (SSSR count). The number of para-hydroxylation sites is 2. The van der Waals surface area contributed by atoms with Gasteiger partial charge in [0.05, 0.1) is 32.4 Å². The minimum atomic E-state index is -1.62. The number of methoxy groups -OCH3 is 3. The van der Waals surface area contributed by atoms with Crippen molar-refractivity contribution in [2.45, 2.75) is 5.92 Å². The highest BCUT2D eigenvalue weighted by molar-refractivity contribution is 5.84. The number of benzene rings is 2. The molecule has 1 aromatic heterocycles. The van der Waals surface area contributed by atoms with Gasteiger partial charge in [0.1, 0.15) is 5.75 Å². The van der Waals surface area contributed by atoms with Gasteiger partial charge in [0.25, 0.3) is 0 Å². The van der Waals surface area contributed by atoms with Gasteiger partial charge < -0.3 is 14.2 Å². The summed E-state index contributed by atoms with van der Waals surface area (Å²) in [4.78, 5) is 17.5. The molecular weight excluding hydrogens is 368 g/mol. The van der Waals surface area contributed by atoms with Crippen molar-refractivity contribution in [3.8, 4) is 11.8 Å². The van der Waals surface area contributed by atoms with Crippen LogP contribution >= 0.6 is 0 Å². The van der Waals surface area contributed by atoms with E-state index in [9.17, 15) is 10.1 Å². The highest BCUT2D eigenvalue weighted by atomic mass is 16.5. The molecule has 0 bridgehead atoms. The van der Waals surface area contributed by atoms with E-state index in [-0.39, 0.29) is 6.61 Å². The van der Waals surface area contributed by atoms with Crippen molar-refractivity contribution >= 4 is 16.9 Å². The van der Waals surface area contributed by atoms with E-state index in [4.69, 9.17) is 14.2 Å². The maximum atomic E-state index is 12.9. The van der Waals surface area contributed by atoms with E-state index in [1.807, 2.05) is 48.5 Å². The highest BCUT2D eigenvalue weighted by Crippen LogP contribution is 2.45. The molecule has 0 amide bonds. The van der Waals surface area contributed by atoms with Gasteiger partial charge in [0.15, 0.2) is 5.41 Å². The summed E-state index contributed by atoms with van der Waals surface area (Å²) in [7, 11) is 4.27. The number of nitriles is 1. The van der Waals surface area contributed by atoms with E-state index in [2.05, 4.69) is 11.1 Å². The predicted octanol–water partition coefficient (Wildman–Crippen LogP) is 3.70. The summed E-state index contributed by atoms with van der Waals surface area (Å²) in [5, 5.41) is 11.1. The van der Waals surface area contributed by atoms with Gasteiger partial charge in [-0.2, -0.15) is 5.26 Å². The maximum Gasteiger partial charge on any atom is 0.329 e. The molecule has 0 radical (unpaired) electrons. The molecule has 148 valence electrons. The Kier molecular flexibility index (Phi) is 6.10. The van der Waals surface area contributed by atoms with Crippen LogP contribution in [-0.4, -0.2) is 38.9 Å². The number of rotatable bonds is 7. The smallest absolute Gasteiger partial charge is 0.329 e. The molecule has 0 aliphatic carbocycles. The molecule has 29 heavy (non-hydrogen) atoms. The zero-order chi connectivity index (χ0) is 20.9. The Labute approximate surface area is 169 Å². The minimum Gasteiger partial charge on any atom is -0.496 e. The molecule has 0 saturated carbocycles. The summed E-state index contributed by atoms with van der Waals surface area (Å²) in [6, 6.07) is 19.1. The lowest BCUT2D eigenvalue weighted by Gasteiger charge is -2.33. The zero-order valence-electron chi connectivity index (χ0n) is 16.6. The average molecular weight is 390 g/mol. The molecule has 6 heteroatoms. The van der Waals surface area contributed by atoms with Crippen LogP contribution in [0.2, 0.25) is 0 Å². The van der Waals surface area contributed by atoms with E-state index in [1.165, 1.54) is 14.2 Å². The normalized spacial score (nSPS) is 13.9. The number of fused-ring (bicyclic) bond motifs is 1. The third-order valence-corrected chi connectivity index (χ3v) is 5.01. The molecule has 0 aliphatic rings. The standard InChI is InChI=1S/C23H22N2O4/c1-27-15-23(14-24,22(26)29-3)21(18-9-5-7-11-20(18)28-2)17-12-16-8-4-6-10-19(16)25-13-17/h4-13,21H,15H2,1-3H3/t21-,23-/m0/s1. The lowest BCUT2D eigenvalue weighted by atomic mass is 9.69. The molecular formula is C23H22N2O4. The Bertz CT molecular complexity index is 1060. The summed E-state index contributed by atoms with van der Waals surface area (Å²) in [6.07, 6.45) is 1.68. The van der Waals surface area contributed by atoms with Crippen molar-refractivity contribution in [1.29, 1.82) is 5.26 Å². The van der Waals surface area contributed by atoms with Gasteiger partial charge in [-0.05, 0) is 23.8 Å². The predicted molar refractivity (Wildman–Crippen MR) is 109 cm³/mol. The Balaban J connectivity index is 2.33. The first-order chi connectivity index (χ1) is 14.1. The van der Waals surface area contributed by atoms with Crippen LogP contribution < -0.4 is 4.74 Å². The van der Waals surface area contributed by atoms with Gasteiger partial charge in [0.2, 0.25) is 0 Å². The zero-order valence-corrected chi connectivity index (χ0v) is 16.6. The second-order valence-corrected chi connectivity index (χ2v) is 6.64. The summed E-state index contributed by atoms with van der Waals surface area (Å²) in [5.41, 5.74) is 0.568. The van der Waals surface area contributed by atoms with Crippen molar-refractivity contribution < 1.29 is 19.0 Å². The van der Waals surface area contributed by atoms with Gasteiger partial charge >= 0.3 is 5.97 Å². The van der Waals surface area contributed by atoms with Gasteiger partial charge in [-0.15, -0.1) is 0 Å².